The van der Waals surface area contributed by atoms with Crippen molar-refractivity contribution in [2.24, 2.45) is 5.10 Å². The smallest absolute Gasteiger partial charge is 0.288 e. The number of nitrogens with zero attached hydrogens (tertiary/aromatic N) is 3. The molecule has 0 radical (unpaired) electrons. The molecule has 3 aromatic rings. The topological polar surface area (TPSA) is 141 Å². The average Bonchev–Trinajstić information content (AvgIpc) is 3.17. The summed E-state index contributed by atoms with van der Waals surface area (Å²) in [4.78, 5) is 32.4. The molecule has 0 saturated heterocycles. The highest BCUT2D eigenvalue weighted by molar-refractivity contribution is 6.32. The molecule has 0 bridgehead atoms. The SMILES string of the molecule is O=C(N/N=C/c1ccc(-c2ccc([N+](=O)[O-])cc2)o1)c1ccc(Cl)c([N+](=O)[O-])c1. The normalized spacial score (nSPS) is 10.8. The molecule has 0 aliphatic rings. The Hall–Kier alpha value is -4.05. The number of furan rings is 1. The van der Waals surface area contributed by atoms with Crippen LogP contribution < -0.4 is 5.43 Å². The molecule has 0 aliphatic heterocycles. The van der Waals surface area contributed by atoms with Gasteiger partial charge in [0.25, 0.3) is 17.3 Å². The van der Waals surface area contributed by atoms with Gasteiger partial charge in [-0.25, -0.2) is 5.43 Å². The first kappa shape index (κ1) is 19.7. The van der Waals surface area contributed by atoms with Gasteiger partial charge in [0.15, 0.2) is 0 Å². The maximum Gasteiger partial charge on any atom is 0.288 e. The number of rotatable bonds is 6. The van der Waals surface area contributed by atoms with Gasteiger partial charge < -0.3 is 4.42 Å². The molecule has 1 N–H and O–H groups in total. The maximum atomic E-state index is 12.1. The van der Waals surface area contributed by atoms with Crippen molar-refractivity contribution in [3.05, 3.63) is 91.2 Å². The van der Waals surface area contributed by atoms with Crippen molar-refractivity contribution in [3.63, 3.8) is 0 Å². The number of hydrazone groups is 1. The molecule has 2 aromatic carbocycles. The number of carbonyl (C=O) groups excluding carboxylic acids is 1. The molecule has 1 amide bonds. The largest absolute Gasteiger partial charge is 0.455 e. The minimum Gasteiger partial charge on any atom is -0.455 e. The Kier molecular flexibility index (Phi) is 5.65. The van der Waals surface area contributed by atoms with Crippen LogP contribution in [0.2, 0.25) is 5.02 Å². The van der Waals surface area contributed by atoms with Crippen LogP contribution in [0.5, 0.6) is 0 Å². The minimum absolute atomic E-state index is 0.0178. The van der Waals surface area contributed by atoms with Crippen LogP contribution in [0.25, 0.3) is 11.3 Å². The predicted molar refractivity (Wildman–Crippen MR) is 104 cm³/mol. The van der Waals surface area contributed by atoms with E-state index in [4.69, 9.17) is 16.0 Å². The molecule has 0 unspecified atom stereocenters. The van der Waals surface area contributed by atoms with Crippen molar-refractivity contribution in [1.29, 1.82) is 0 Å². The van der Waals surface area contributed by atoms with Crippen molar-refractivity contribution in [1.82, 2.24) is 5.43 Å². The third-order valence-corrected chi connectivity index (χ3v) is 4.07. The molecular formula is C18H11ClN4O6. The van der Waals surface area contributed by atoms with Crippen LogP contribution in [0.3, 0.4) is 0 Å². The molecule has 146 valence electrons. The van der Waals surface area contributed by atoms with Crippen LogP contribution in [0.4, 0.5) is 11.4 Å². The molecule has 0 aliphatic carbocycles. The monoisotopic (exact) mass is 414 g/mol. The van der Waals surface area contributed by atoms with Crippen LogP contribution in [0.15, 0.2) is 64.1 Å². The van der Waals surface area contributed by atoms with Crippen molar-refractivity contribution < 1.29 is 19.1 Å². The summed E-state index contributed by atoms with van der Waals surface area (Å²) >= 11 is 5.71. The van der Waals surface area contributed by atoms with Crippen molar-refractivity contribution in [2.45, 2.75) is 0 Å². The van der Waals surface area contributed by atoms with Gasteiger partial charge in [-0.05, 0) is 36.4 Å². The highest BCUT2D eigenvalue weighted by Gasteiger charge is 2.16. The fraction of sp³-hybridized carbons (Fsp3) is 0. The first-order valence-corrected chi connectivity index (χ1v) is 8.35. The van der Waals surface area contributed by atoms with E-state index in [1.54, 1.807) is 24.3 Å². The van der Waals surface area contributed by atoms with Gasteiger partial charge in [0.1, 0.15) is 16.5 Å². The number of nitrogens with one attached hydrogen (secondary N) is 1. The van der Waals surface area contributed by atoms with E-state index in [1.165, 1.54) is 30.5 Å². The standard InChI is InChI=1S/C18H11ClN4O6/c19-15-7-3-12(9-16(15)23(27)28)18(24)21-20-10-14-6-8-17(29-14)11-1-4-13(5-2-11)22(25)26/h1-10H,(H,21,24)/b20-10+. The zero-order valence-corrected chi connectivity index (χ0v) is 15.2. The van der Waals surface area contributed by atoms with E-state index >= 15 is 0 Å². The van der Waals surface area contributed by atoms with E-state index < -0.39 is 15.8 Å². The Morgan fingerprint density at radius 2 is 1.76 bits per heavy atom. The second-order valence-electron chi connectivity index (χ2n) is 5.63. The number of amides is 1. The Morgan fingerprint density at radius 3 is 2.41 bits per heavy atom. The lowest BCUT2D eigenvalue weighted by atomic mass is 10.1. The van der Waals surface area contributed by atoms with Gasteiger partial charge in [-0.3, -0.25) is 25.0 Å². The lowest BCUT2D eigenvalue weighted by Crippen LogP contribution is -2.17. The molecule has 3 rings (SSSR count). The molecule has 11 heteroatoms. The van der Waals surface area contributed by atoms with E-state index in [0.29, 0.717) is 17.1 Å². The Bertz CT molecular complexity index is 1120. The van der Waals surface area contributed by atoms with E-state index in [1.807, 2.05) is 0 Å². The van der Waals surface area contributed by atoms with Gasteiger partial charge in [-0.15, -0.1) is 0 Å². The predicted octanol–water partition coefficient (Wildman–Crippen LogP) is 4.18. The van der Waals surface area contributed by atoms with Crippen LogP contribution in [0, 0.1) is 20.2 Å². The minimum atomic E-state index is -0.690. The van der Waals surface area contributed by atoms with E-state index in [-0.39, 0.29) is 22.0 Å². The first-order chi connectivity index (χ1) is 13.8. The van der Waals surface area contributed by atoms with Crippen LogP contribution in [0.1, 0.15) is 16.1 Å². The van der Waals surface area contributed by atoms with E-state index in [9.17, 15) is 25.0 Å². The van der Waals surface area contributed by atoms with Gasteiger partial charge in [-0.1, -0.05) is 11.6 Å². The summed E-state index contributed by atoms with van der Waals surface area (Å²) in [6.45, 7) is 0. The number of non-ortho nitro benzene ring substituents is 1. The number of hydrogen-bond donors (Lipinski definition) is 1. The van der Waals surface area contributed by atoms with Gasteiger partial charge in [0.05, 0.1) is 16.1 Å². The second kappa shape index (κ2) is 8.31. The first-order valence-electron chi connectivity index (χ1n) is 7.97. The molecule has 0 fully saturated rings. The summed E-state index contributed by atoms with van der Waals surface area (Å²) in [5.74, 6) is 0.116. The maximum absolute atomic E-state index is 12.1. The molecule has 1 heterocycles. The number of benzene rings is 2. The van der Waals surface area contributed by atoms with E-state index in [2.05, 4.69) is 10.5 Å². The van der Waals surface area contributed by atoms with Crippen molar-refractivity contribution in [2.75, 3.05) is 0 Å². The summed E-state index contributed by atoms with van der Waals surface area (Å²) in [6, 6.07) is 12.7. The number of nitro benzene ring substituents is 2. The summed E-state index contributed by atoms with van der Waals surface area (Å²) in [5, 5.41) is 25.2. The molecular weight excluding hydrogens is 404 g/mol. The molecule has 29 heavy (non-hydrogen) atoms. The summed E-state index contributed by atoms with van der Waals surface area (Å²) in [7, 11) is 0. The van der Waals surface area contributed by atoms with Gasteiger partial charge in [0.2, 0.25) is 0 Å². The number of hydrogen-bond acceptors (Lipinski definition) is 7. The summed E-state index contributed by atoms with van der Waals surface area (Å²) in [6.07, 6.45) is 1.25. The Labute approximate surface area is 167 Å². The summed E-state index contributed by atoms with van der Waals surface area (Å²) in [5.41, 5.74) is 2.46. The van der Waals surface area contributed by atoms with Crippen LogP contribution in [-0.4, -0.2) is 22.0 Å². The fourth-order valence-corrected chi connectivity index (χ4v) is 2.52. The van der Waals surface area contributed by atoms with Crippen LogP contribution >= 0.6 is 11.6 Å². The Balaban J connectivity index is 1.67. The quantitative estimate of drug-likeness (QED) is 0.364. The second-order valence-corrected chi connectivity index (χ2v) is 6.04. The Morgan fingerprint density at radius 1 is 1.03 bits per heavy atom. The van der Waals surface area contributed by atoms with Gasteiger partial charge >= 0.3 is 0 Å². The molecule has 0 atom stereocenters. The lowest BCUT2D eigenvalue weighted by Gasteiger charge is -2.01. The zero-order chi connectivity index (χ0) is 21.0. The number of carbonyl (C=O) groups is 1. The molecule has 0 spiro atoms. The average molecular weight is 415 g/mol. The zero-order valence-electron chi connectivity index (χ0n) is 14.4. The lowest BCUT2D eigenvalue weighted by molar-refractivity contribution is -0.385. The number of nitro groups is 2. The van der Waals surface area contributed by atoms with E-state index in [0.717, 1.165) is 6.07 Å². The third kappa shape index (κ3) is 4.62. The van der Waals surface area contributed by atoms with Gasteiger partial charge in [-0.2, -0.15) is 5.10 Å². The van der Waals surface area contributed by atoms with Gasteiger partial charge in [0, 0.05) is 29.3 Å². The van der Waals surface area contributed by atoms with Crippen LogP contribution in [-0.2, 0) is 0 Å². The van der Waals surface area contributed by atoms with Crippen molar-refractivity contribution >= 4 is 35.1 Å². The third-order valence-electron chi connectivity index (χ3n) is 3.75. The molecule has 0 saturated carbocycles. The molecule has 10 nitrogen and oxygen atoms in total. The fourth-order valence-electron chi connectivity index (χ4n) is 2.34. The molecule has 1 aromatic heterocycles. The highest BCUT2D eigenvalue weighted by atomic mass is 35.5. The highest BCUT2D eigenvalue weighted by Crippen LogP contribution is 2.25. The summed E-state index contributed by atoms with van der Waals surface area (Å²) < 4.78 is 5.55. The number of halogens is 1. The van der Waals surface area contributed by atoms with Crippen molar-refractivity contribution in [3.8, 4) is 11.3 Å².